The lowest BCUT2D eigenvalue weighted by atomic mass is 10.2. The number of ether oxygens (including phenoxy) is 2. The fraction of sp³-hybridized carbons (Fsp3) is 0.130. The third-order valence-corrected chi connectivity index (χ3v) is 7.70. The zero-order valence-corrected chi connectivity index (χ0v) is 18.9. The van der Waals surface area contributed by atoms with E-state index in [1.807, 2.05) is 0 Å². The summed E-state index contributed by atoms with van der Waals surface area (Å²) >= 11 is 1.06. The first-order valence-electron chi connectivity index (χ1n) is 10.1. The summed E-state index contributed by atoms with van der Waals surface area (Å²) in [4.78, 5) is 17.2. The summed E-state index contributed by atoms with van der Waals surface area (Å²) < 4.78 is 39.0. The molecule has 0 aliphatic carbocycles. The van der Waals surface area contributed by atoms with E-state index in [2.05, 4.69) is 10.3 Å². The second kappa shape index (κ2) is 8.80. The number of nitrogens with zero attached hydrogens (tertiary/aromatic N) is 2. The molecule has 8 nitrogen and oxygen atoms in total. The molecule has 1 N–H and O–H groups in total. The van der Waals surface area contributed by atoms with Crippen LogP contribution in [0.5, 0.6) is 11.5 Å². The average molecular weight is 482 g/mol. The SMILES string of the molecule is O=C(CSc1nc2ccccc2n1S(=O)(=O)c1ccccc1)Nc1ccc2c(c1)OCCO2. The van der Waals surface area contributed by atoms with Crippen LogP contribution < -0.4 is 14.8 Å². The maximum atomic E-state index is 13.4. The largest absolute Gasteiger partial charge is 0.486 e. The molecule has 1 aliphatic heterocycles. The third kappa shape index (κ3) is 4.27. The lowest BCUT2D eigenvalue weighted by molar-refractivity contribution is -0.113. The number of imidazole rings is 1. The lowest BCUT2D eigenvalue weighted by Crippen LogP contribution is -2.18. The molecule has 1 aromatic heterocycles. The molecule has 0 saturated carbocycles. The second-order valence-electron chi connectivity index (χ2n) is 7.16. The van der Waals surface area contributed by atoms with Gasteiger partial charge in [0.2, 0.25) is 5.91 Å². The number of carbonyl (C=O) groups is 1. The molecule has 0 atom stereocenters. The highest BCUT2D eigenvalue weighted by Crippen LogP contribution is 2.33. The Balaban J connectivity index is 1.39. The standard InChI is InChI=1S/C23H19N3O5S2/c27-22(24-16-10-11-20-21(14-16)31-13-12-30-20)15-32-23-25-18-8-4-5-9-19(18)26(23)33(28,29)17-6-2-1-3-7-17/h1-11,14H,12-13,15H2,(H,24,27). The molecule has 2 heterocycles. The van der Waals surface area contributed by atoms with Crippen molar-refractivity contribution in [3.63, 3.8) is 0 Å². The summed E-state index contributed by atoms with van der Waals surface area (Å²) in [5.41, 5.74) is 1.55. The van der Waals surface area contributed by atoms with E-state index in [1.165, 1.54) is 16.1 Å². The van der Waals surface area contributed by atoms with Crippen molar-refractivity contribution in [1.29, 1.82) is 0 Å². The van der Waals surface area contributed by atoms with Gasteiger partial charge in [0, 0.05) is 11.8 Å². The molecule has 3 aromatic carbocycles. The number of aromatic nitrogens is 2. The van der Waals surface area contributed by atoms with E-state index < -0.39 is 10.0 Å². The van der Waals surface area contributed by atoms with Crippen LogP contribution in [0.15, 0.2) is 82.8 Å². The topological polar surface area (TPSA) is 99.5 Å². The zero-order valence-electron chi connectivity index (χ0n) is 17.3. The minimum Gasteiger partial charge on any atom is -0.486 e. The molecule has 0 radical (unpaired) electrons. The van der Waals surface area contributed by atoms with Crippen LogP contribution in [0.2, 0.25) is 0 Å². The summed E-state index contributed by atoms with van der Waals surface area (Å²) in [7, 11) is -3.90. The van der Waals surface area contributed by atoms with E-state index >= 15 is 0 Å². The van der Waals surface area contributed by atoms with Crippen molar-refractivity contribution < 1.29 is 22.7 Å². The molecular formula is C23H19N3O5S2. The molecule has 168 valence electrons. The number of thioether (sulfide) groups is 1. The Morgan fingerprint density at radius 1 is 0.970 bits per heavy atom. The van der Waals surface area contributed by atoms with Crippen molar-refractivity contribution in [3.05, 3.63) is 72.8 Å². The van der Waals surface area contributed by atoms with Crippen molar-refractivity contribution in [1.82, 2.24) is 8.96 Å². The van der Waals surface area contributed by atoms with E-state index in [-0.39, 0.29) is 21.7 Å². The third-order valence-electron chi connectivity index (χ3n) is 4.93. The smallest absolute Gasteiger partial charge is 0.270 e. The van der Waals surface area contributed by atoms with Crippen LogP contribution in [0.3, 0.4) is 0 Å². The van der Waals surface area contributed by atoms with Gasteiger partial charge in [0.05, 0.1) is 21.7 Å². The summed E-state index contributed by atoms with van der Waals surface area (Å²) in [6, 6.07) is 20.3. The second-order valence-corrected chi connectivity index (χ2v) is 9.89. The Kier molecular flexibility index (Phi) is 5.69. The first-order chi connectivity index (χ1) is 16.0. The monoisotopic (exact) mass is 481 g/mol. The molecule has 0 spiro atoms. The molecule has 10 heteroatoms. The minimum absolute atomic E-state index is 0.0257. The van der Waals surface area contributed by atoms with Gasteiger partial charge in [-0.15, -0.1) is 0 Å². The van der Waals surface area contributed by atoms with E-state index in [9.17, 15) is 13.2 Å². The fourth-order valence-electron chi connectivity index (χ4n) is 3.45. The molecule has 0 bridgehead atoms. The maximum absolute atomic E-state index is 13.4. The Hall–Kier alpha value is -3.50. The predicted molar refractivity (Wildman–Crippen MR) is 126 cm³/mol. The molecule has 0 saturated heterocycles. The highest BCUT2D eigenvalue weighted by Gasteiger charge is 2.25. The Bertz CT molecular complexity index is 1440. The number of para-hydroxylation sites is 2. The summed E-state index contributed by atoms with van der Waals surface area (Å²) in [6.07, 6.45) is 0. The van der Waals surface area contributed by atoms with E-state index in [4.69, 9.17) is 9.47 Å². The van der Waals surface area contributed by atoms with Gasteiger partial charge in [0.25, 0.3) is 10.0 Å². The quantitative estimate of drug-likeness (QED) is 0.419. The number of benzene rings is 3. The van der Waals surface area contributed by atoms with E-state index in [1.54, 1.807) is 60.7 Å². The highest BCUT2D eigenvalue weighted by molar-refractivity contribution is 8.00. The Morgan fingerprint density at radius 3 is 2.52 bits per heavy atom. The van der Waals surface area contributed by atoms with Crippen LogP contribution in [0.4, 0.5) is 5.69 Å². The van der Waals surface area contributed by atoms with Crippen molar-refractivity contribution in [2.45, 2.75) is 10.1 Å². The molecule has 1 aliphatic rings. The van der Waals surface area contributed by atoms with Crippen LogP contribution >= 0.6 is 11.8 Å². The van der Waals surface area contributed by atoms with Gasteiger partial charge in [-0.25, -0.2) is 17.4 Å². The van der Waals surface area contributed by atoms with Gasteiger partial charge in [0.15, 0.2) is 16.7 Å². The van der Waals surface area contributed by atoms with Crippen LogP contribution in [-0.4, -0.2) is 42.2 Å². The Morgan fingerprint density at radius 2 is 1.70 bits per heavy atom. The van der Waals surface area contributed by atoms with Gasteiger partial charge in [-0.1, -0.05) is 42.1 Å². The maximum Gasteiger partial charge on any atom is 0.270 e. The minimum atomic E-state index is -3.90. The number of carbonyl (C=O) groups excluding carboxylic acids is 1. The molecule has 4 aromatic rings. The molecular weight excluding hydrogens is 462 g/mol. The van der Waals surface area contributed by atoms with Crippen molar-refractivity contribution in [3.8, 4) is 11.5 Å². The molecule has 0 fully saturated rings. The van der Waals surface area contributed by atoms with Gasteiger partial charge in [-0.3, -0.25) is 4.79 Å². The summed E-state index contributed by atoms with van der Waals surface area (Å²) in [5, 5.41) is 3.02. The highest BCUT2D eigenvalue weighted by atomic mass is 32.2. The van der Waals surface area contributed by atoms with Gasteiger partial charge in [0.1, 0.15) is 13.2 Å². The molecule has 5 rings (SSSR count). The number of fused-ring (bicyclic) bond motifs is 2. The number of hydrogen-bond acceptors (Lipinski definition) is 7. The molecule has 0 unspecified atom stereocenters. The van der Waals surface area contributed by atoms with Crippen LogP contribution in [0.1, 0.15) is 0 Å². The van der Waals surface area contributed by atoms with Crippen LogP contribution in [0.25, 0.3) is 11.0 Å². The summed E-state index contributed by atoms with van der Waals surface area (Å²) in [5.74, 6) is 0.880. The number of amides is 1. The van der Waals surface area contributed by atoms with Gasteiger partial charge < -0.3 is 14.8 Å². The normalized spacial score (nSPS) is 13.1. The first kappa shape index (κ1) is 21.4. The average Bonchev–Trinajstić information content (AvgIpc) is 3.22. The fourth-order valence-corrected chi connectivity index (χ4v) is 5.99. The first-order valence-corrected chi connectivity index (χ1v) is 12.6. The Labute approximate surface area is 194 Å². The van der Waals surface area contributed by atoms with E-state index in [0.29, 0.717) is 41.4 Å². The predicted octanol–water partition coefficient (Wildman–Crippen LogP) is 3.78. The number of anilines is 1. The summed E-state index contributed by atoms with van der Waals surface area (Å²) in [6.45, 7) is 0.939. The zero-order chi connectivity index (χ0) is 22.8. The molecule has 33 heavy (non-hydrogen) atoms. The van der Waals surface area contributed by atoms with Gasteiger partial charge >= 0.3 is 0 Å². The van der Waals surface area contributed by atoms with E-state index in [0.717, 1.165) is 11.8 Å². The van der Waals surface area contributed by atoms with Crippen LogP contribution in [-0.2, 0) is 14.8 Å². The lowest BCUT2D eigenvalue weighted by Gasteiger charge is -2.19. The molecule has 1 amide bonds. The van der Waals surface area contributed by atoms with Crippen LogP contribution in [0, 0.1) is 0 Å². The van der Waals surface area contributed by atoms with Gasteiger partial charge in [-0.2, -0.15) is 0 Å². The van der Waals surface area contributed by atoms with Crippen molar-refractivity contribution in [2.75, 3.05) is 24.3 Å². The van der Waals surface area contributed by atoms with Crippen molar-refractivity contribution in [2.24, 2.45) is 0 Å². The van der Waals surface area contributed by atoms with Gasteiger partial charge in [-0.05, 0) is 36.4 Å². The number of hydrogen-bond donors (Lipinski definition) is 1. The number of rotatable bonds is 6. The van der Waals surface area contributed by atoms with Crippen molar-refractivity contribution >= 4 is 44.4 Å². The number of nitrogens with one attached hydrogen (secondary N) is 1.